The Kier molecular flexibility index (Phi) is 3.59. The number of nitrogen functional groups attached to an aromatic ring is 1. The first-order valence-corrected chi connectivity index (χ1v) is 7.55. The van der Waals surface area contributed by atoms with Gasteiger partial charge in [0.1, 0.15) is 0 Å². The Morgan fingerprint density at radius 2 is 1.62 bits per heavy atom. The van der Waals surface area contributed by atoms with Crippen molar-refractivity contribution in [2.45, 2.75) is 38.5 Å². The molecule has 0 radical (unpaired) electrons. The van der Waals surface area contributed by atoms with E-state index in [1.165, 1.54) is 25.7 Å². The summed E-state index contributed by atoms with van der Waals surface area (Å²) in [7, 11) is 0. The average Bonchev–Trinajstić information content (AvgIpc) is 2.91. The summed E-state index contributed by atoms with van der Waals surface area (Å²) in [5.41, 5.74) is 6.14. The molecule has 0 bridgehead atoms. The van der Waals surface area contributed by atoms with Gasteiger partial charge in [0, 0.05) is 24.8 Å². The molecule has 2 fully saturated rings. The predicted octanol–water partition coefficient (Wildman–Crippen LogP) is 3.34. The smallest absolute Gasteiger partial charge is 0.256 e. The molecule has 1 aromatic carbocycles. The Bertz CT molecular complexity index is 558. The number of nitrogens with two attached hydrogens (primary N) is 1. The molecule has 1 amide bonds. The molecule has 1 heterocycles. The number of carbonyl (C=O) groups is 1. The second kappa shape index (κ2) is 5.28. The highest BCUT2D eigenvalue weighted by Crippen LogP contribution is 2.46. The maximum absolute atomic E-state index is 13.3. The van der Waals surface area contributed by atoms with E-state index < -0.39 is 11.6 Å². The van der Waals surface area contributed by atoms with Crippen LogP contribution in [0.1, 0.15) is 48.9 Å². The predicted molar refractivity (Wildman–Crippen MR) is 76.8 cm³/mol. The van der Waals surface area contributed by atoms with Gasteiger partial charge in [0.2, 0.25) is 0 Å². The molecule has 3 nitrogen and oxygen atoms in total. The summed E-state index contributed by atoms with van der Waals surface area (Å²) in [6.45, 7) is 1.36. The summed E-state index contributed by atoms with van der Waals surface area (Å²) >= 11 is 0. The molecule has 1 saturated heterocycles. The van der Waals surface area contributed by atoms with Gasteiger partial charge in [-0.05, 0) is 37.2 Å². The number of halogens is 2. The van der Waals surface area contributed by atoms with Gasteiger partial charge in [-0.3, -0.25) is 4.79 Å². The number of nitrogens with zero attached hydrogens (tertiary/aromatic N) is 1. The lowest BCUT2D eigenvalue weighted by atomic mass is 9.77. The molecule has 114 valence electrons. The second-order valence-corrected chi connectivity index (χ2v) is 6.35. The highest BCUT2D eigenvalue weighted by atomic mass is 19.2. The fourth-order valence-electron chi connectivity index (χ4n) is 3.73. The van der Waals surface area contributed by atoms with Gasteiger partial charge >= 0.3 is 0 Å². The van der Waals surface area contributed by atoms with Crippen LogP contribution in [0.4, 0.5) is 14.5 Å². The molecule has 0 atom stereocenters. The Labute approximate surface area is 123 Å². The van der Waals surface area contributed by atoms with Gasteiger partial charge in [-0.2, -0.15) is 0 Å². The zero-order valence-corrected chi connectivity index (χ0v) is 12.0. The lowest BCUT2D eigenvalue weighted by molar-refractivity contribution is 0.0588. The fraction of sp³-hybridized carbons (Fsp3) is 0.562. The molecular weight excluding hydrogens is 274 g/mol. The van der Waals surface area contributed by atoms with Crippen molar-refractivity contribution in [1.29, 1.82) is 0 Å². The molecule has 3 rings (SSSR count). The quantitative estimate of drug-likeness (QED) is 0.807. The lowest BCUT2D eigenvalue weighted by Crippen LogP contribution is -2.42. The summed E-state index contributed by atoms with van der Waals surface area (Å²) in [6.07, 6.45) is 7.07. The van der Waals surface area contributed by atoms with E-state index in [-0.39, 0.29) is 17.2 Å². The Hall–Kier alpha value is -1.65. The molecule has 1 aliphatic heterocycles. The summed E-state index contributed by atoms with van der Waals surface area (Å²) in [4.78, 5) is 14.2. The molecular formula is C16H20F2N2O. The molecule has 1 saturated carbocycles. The number of hydrogen-bond donors (Lipinski definition) is 1. The Morgan fingerprint density at radius 3 is 2.24 bits per heavy atom. The molecule has 1 aromatic rings. The third kappa shape index (κ3) is 2.61. The second-order valence-electron chi connectivity index (χ2n) is 6.35. The van der Waals surface area contributed by atoms with Gasteiger partial charge in [0.15, 0.2) is 11.6 Å². The number of carbonyl (C=O) groups excluding carboxylic acids is 1. The van der Waals surface area contributed by atoms with E-state index in [4.69, 9.17) is 5.73 Å². The Morgan fingerprint density at radius 1 is 1.05 bits per heavy atom. The van der Waals surface area contributed by atoms with Crippen LogP contribution >= 0.6 is 0 Å². The van der Waals surface area contributed by atoms with E-state index in [0.29, 0.717) is 18.5 Å². The number of hydrogen-bond acceptors (Lipinski definition) is 2. The molecule has 1 spiro atoms. The zero-order valence-electron chi connectivity index (χ0n) is 12.0. The summed E-state index contributed by atoms with van der Waals surface area (Å²) in [6, 6.07) is 1.79. The maximum atomic E-state index is 13.3. The fourth-order valence-corrected chi connectivity index (χ4v) is 3.73. The van der Waals surface area contributed by atoms with Crippen LogP contribution < -0.4 is 5.73 Å². The van der Waals surface area contributed by atoms with Gasteiger partial charge in [0.05, 0.1) is 5.56 Å². The zero-order chi connectivity index (χ0) is 15.0. The molecule has 0 unspecified atom stereocenters. The van der Waals surface area contributed by atoms with E-state index in [9.17, 15) is 13.6 Å². The van der Waals surface area contributed by atoms with Crippen LogP contribution in [0.3, 0.4) is 0 Å². The number of piperidine rings is 1. The minimum absolute atomic E-state index is 0.0000492. The van der Waals surface area contributed by atoms with Crippen LogP contribution in [0.2, 0.25) is 0 Å². The first-order valence-electron chi connectivity index (χ1n) is 7.55. The molecule has 21 heavy (non-hydrogen) atoms. The van der Waals surface area contributed by atoms with Crippen LogP contribution in [0.15, 0.2) is 12.1 Å². The van der Waals surface area contributed by atoms with E-state index in [2.05, 4.69) is 0 Å². The third-order valence-electron chi connectivity index (χ3n) is 5.10. The number of amides is 1. The van der Waals surface area contributed by atoms with Crippen molar-refractivity contribution in [3.8, 4) is 0 Å². The minimum atomic E-state index is -1.03. The molecule has 0 aromatic heterocycles. The van der Waals surface area contributed by atoms with Crippen LogP contribution in [-0.2, 0) is 0 Å². The molecule has 5 heteroatoms. The SMILES string of the molecule is Nc1cc(F)c(F)cc1C(=O)N1CCC2(CCCC2)CC1. The summed E-state index contributed by atoms with van der Waals surface area (Å²) < 4.78 is 26.4. The Balaban J connectivity index is 1.73. The van der Waals surface area contributed by atoms with Crippen LogP contribution in [0, 0.1) is 17.0 Å². The third-order valence-corrected chi connectivity index (χ3v) is 5.10. The average molecular weight is 294 g/mol. The normalized spacial score (nSPS) is 21.0. The maximum Gasteiger partial charge on any atom is 0.256 e. The van der Waals surface area contributed by atoms with Gasteiger partial charge < -0.3 is 10.6 Å². The number of likely N-dealkylation sites (tertiary alicyclic amines) is 1. The standard InChI is InChI=1S/C16H20F2N2O/c17-12-9-11(14(19)10-13(12)18)15(21)20-7-5-16(6-8-20)3-1-2-4-16/h9-10H,1-8,19H2. The van der Waals surface area contributed by atoms with Crippen molar-refractivity contribution in [1.82, 2.24) is 4.90 Å². The van der Waals surface area contributed by atoms with Gasteiger partial charge in [0.25, 0.3) is 5.91 Å². The van der Waals surface area contributed by atoms with Gasteiger partial charge in [-0.25, -0.2) is 8.78 Å². The number of benzene rings is 1. The first-order chi connectivity index (χ1) is 10.0. The largest absolute Gasteiger partial charge is 0.398 e. The van der Waals surface area contributed by atoms with Crippen LogP contribution in [0.25, 0.3) is 0 Å². The van der Waals surface area contributed by atoms with Gasteiger partial charge in [-0.1, -0.05) is 12.8 Å². The van der Waals surface area contributed by atoms with Crippen molar-refractivity contribution in [3.05, 3.63) is 29.3 Å². The highest BCUT2D eigenvalue weighted by molar-refractivity contribution is 5.99. The van der Waals surface area contributed by atoms with Crippen molar-refractivity contribution in [3.63, 3.8) is 0 Å². The lowest BCUT2D eigenvalue weighted by Gasteiger charge is -2.39. The minimum Gasteiger partial charge on any atom is -0.398 e. The van der Waals surface area contributed by atoms with Crippen LogP contribution in [-0.4, -0.2) is 23.9 Å². The monoisotopic (exact) mass is 294 g/mol. The highest BCUT2D eigenvalue weighted by Gasteiger charge is 2.38. The number of rotatable bonds is 1. The van der Waals surface area contributed by atoms with Gasteiger partial charge in [-0.15, -0.1) is 0 Å². The van der Waals surface area contributed by atoms with E-state index in [1.54, 1.807) is 4.90 Å². The molecule has 2 aliphatic rings. The summed E-state index contributed by atoms with van der Waals surface area (Å²) in [5.74, 6) is -2.34. The van der Waals surface area contributed by atoms with Crippen LogP contribution in [0.5, 0.6) is 0 Å². The van der Waals surface area contributed by atoms with E-state index >= 15 is 0 Å². The van der Waals surface area contributed by atoms with Crippen molar-refractivity contribution in [2.75, 3.05) is 18.8 Å². The van der Waals surface area contributed by atoms with Crippen molar-refractivity contribution >= 4 is 11.6 Å². The molecule has 2 N–H and O–H groups in total. The molecule has 1 aliphatic carbocycles. The van der Waals surface area contributed by atoms with E-state index in [1.807, 2.05) is 0 Å². The number of anilines is 1. The van der Waals surface area contributed by atoms with Crippen molar-refractivity contribution < 1.29 is 13.6 Å². The first kappa shape index (κ1) is 14.3. The summed E-state index contributed by atoms with van der Waals surface area (Å²) in [5, 5.41) is 0. The van der Waals surface area contributed by atoms with Crippen molar-refractivity contribution in [2.24, 2.45) is 5.41 Å². The topological polar surface area (TPSA) is 46.3 Å². The van der Waals surface area contributed by atoms with E-state index in [0.717, 1.165) is 25.0 Å².